The summed E-state index contributed by atoms with van der Waals surface area (Å²) in [5, 5.41) is 12.2. The molecule has 0 aliphatic heterocycles. The van der Waals surface area contributed by atoms with Crippen molar-refractivity contribution in [3.8, 4) is 16.9 Å². The monoisotopic (exact) mass is 441 g/mol. The molecule has 0 heterocycles. The second-order valence-electron chi connectivity index (χ2n) is 6.86. The summed E-state index contributed by atoms with van der Waals surface area (Å²) in [4.78, 5) is 23.7. The van der Waals surface area contributed by atoms with Gasteiger partial charge in [0.15, 0.2) is 0 Å². The first-order chi connectivity index (χ1) is 14.9. The average molecular weight is 442 g/mol. The predicted octanol–water partition coefficient (Wildman–Crippen LogP) is 5.56. The van der Waals surface area contributed by atoms with Crippen LogP contribution in [0.2, 0.25) is 5.02 Å². The molecule has 0 spiro atoms. The van der Waals surface area contributed by atoms with Gasteiger partial charge in [0.25, 0.3) is 5.91 Å². The molecular formula is C24H21ClFNO4. The third kappa shape index (κ3) is 5.61. The van der Waals surface area contributed by atoms with Crippen molar-refractivity contribution < 1.29 is 23.8 Å². The van der Waals surface area contributed by atoms with E-state index in [1.807, 2.05) is 19.1 Å². The smallest absolute Gasteiger partial charge is 0.335 e. The van der Waals surface area contributed by atoms with Gasteiger partial charge in [0.05, 0.1) is 17.7 Å². The molecule has 0 aliphatic carbocycles. The third-order valence-electron chi connectivity index (χ3n) is 4.58. The van der Waals surface area contributed by atoms with Crippen molar-refractivity contribution in [3.05, 3.63) is 88.2 Å². The van der Waals surface area contributed by atoms with Crippen molar-refractivity contribution in [1.29, 1.82) is 0 Å². The van der Waals surface area contributed by atoms with Crippen molar-refractivity contribution in [1.82, 2.24) is 5.32 Å². The molecule has 2 N–H and O–H groups in total. The number of carboxylic acid groups (broad SMARTS) is 1. The molecule has 0 atom stereocenters. The summed E-state index contributed by atoms with van der Waals surface area (Å²) < 4.78 is 19.8. The number of benzene rings is 3. The molecule has 160 valence electrons. The van der Waals surface area contributed by atoms with E-state index in [1.165, 1.54) is 18.2 Å². The summed E-state index contributed by atoms with van der Waals surface area (Å²) in [5.41, 5.74) is 2.25. The highest BCUT2D eigenvalue weighted by molar-refractivity contribution is 6.30. The SMILES string of the molecule is CCCOc1ccc(-c2cccc(C(=O)O)c2)cc1CNC(=O)c1ccc(Cl)cc1F. The Morgan fingerprint density at radius 3 is 2.55 bits per heavy atom. The van der Waals surface area contributed by atoms with E-state index >= 15 is 0 Å². The van der Waals surface area contributed by atoms with Crippen molar-refractivity contribution in [2.45, 2.75) is 19.9 Å². The van der Waals surface area contributed by atoms with E-state index in [0.717, 1.165) is 23.6 Å². The van der Waals surface area contributed by atoms with Gasteiger partial charge in [-0.05, 0) is 60.0 Å². The molecule has 31 heavy (non-hydrogen) atoms. The highest BCUT2D eigenvalue weighted by Crippen LogP contribution is 2.28. The van der Waals surface area contributed by atoms with Gasteiger partial charge in [-0.25, -0.2) is 9.18 Å². The van der Waals surface area contributed by atoms with E-state index in [1.54, 1.807) is 24.3 Å². The van der Waals surface area contributed by atoms with Crippen LogP contribution in [0, 0.1) is 5.82 Å². The first kappa shape index (κ1) is 22.3. The molecule has 0 saturated carbocycles. The predicted molar refractivity (Wildman–Crippen MR) is 117 cm³/mol. The molecule has 3 rings (SSSR count). The highest BCUT2D eigenvalue weighted by Gasteiger charge is 2.14. The zero-order chi connectivity index (χ0) is 22.4. The number of rotatable bonds is 8. The molecule has 5 nitrogen and oxygen atoms in total. The minimum absolute atomic E-state index is 0.104. The number of hydrogen-bond acceptors (Lipinski definition) is 3. The van der Waals surface area contributed by atoms with Crippen molar-refractivity contribution >= 4 is 23.5 Å². The molecule has 0 aliphatic rings. The van der Waals surface area contributed by atoms with Crippen LogP contribution < -0.4 is 10.1 Å². The first-order valence-corrected chi connectivity index (χ1v) is 10.1. The number of aromatic carboxylic acids is 1. The fourth-order valence-electron chi connectivity index (χ4n) is 3.03. The van der Waals surface area contributed by atoms with E-state index in [9.17, 15) is 19.1 Å². The molecular weight excluding hydrogens is 421 g/mol. The maximum Gasteiger partial charge on any atom is 0.335 e. The molecule has 0 fully saturated rings. The molecule has 1 amide bonds. The molecule has 0 bridgehead atoms. The second kappa shape index (κ2) is 10.1. The number of ether oxygens (including phenoxy) is 1. The third-order valence-corrected chi connectivity index (χ3v) is 4.82. The lowest BCUT2D eigenvalue weighted by Crippen LogP contribution is -2.24. The number of hydrogen-bond donors (Lipinski definition) is 2. The number of nitrogens with one attached hydrogen (secondary N) is 1. The molecule has 3 aromatic carbocycles. The Kier molecular flexibility index (Phi) is 7.26. The van der Waals surface area contributed by atoms with Gasteiger partial charge in [-0.3, -0.25) is 4.79 Å². The number of halogens is 2. The van der Waals surface area contributed by atoms with Crippen LogP contribution in [-0.4, -0.2) is 23.6 Å². The standard InChI is InChI=1S/C24H21ClFNO4/c1-2-10-31-22-9-6-16(15-4-3-5-17(11-15)24(29)30)12-18(22)14-27-23(28)20-8-7-19(25)13-21(20)26/h3-9,11-13H,2,10,14H2,1H3,(H,27,28)(H,29,30). The average Bonchev–Trinajstić information content (AvgIpc) is 2.76. The van der Waals surface area contributed by atoms with Gasteiger partial charge in [-0.1, -0.05) is 36.7 Å². The van der Waals surface area contributed by atoms with Crippen molar-refractivity contribution in [2.75, 3.05) is 6.61 Å². The highest BCUT2D eigenvalue weighted by atomic mass is 35.5. The summed E-state index contributed by atoms with van der Waals surface area (Å²) in [6.45, 7) is 2.59. The fraction of sp³-hybridized carbons (Fsp3) is 0.167. The van der Waals surface area contributed by atoms with Crippen molar-refractivity contribution in [2.24, 2.45) is 0 Å². The van der Waals surface area contributed by atoms with Gasteiger partial charge < -0.3 is 15.2 Å². The van der Waals surface area contributed by atoms with E-state index in [-0.39, 0.29) is 22.7 Å². The largest absolute Gasteiger partial charge is 0.493 e. The number of carboxylic acids is 1. The summed E-state index contributed by atoms with van der Waals surface area (Å²) in [5.74, 6) is -1.69. The Labute approximate surface area is 184 Å². The van der Waals surface area contributed by atoms with Gasteiger partial charge >= 0.3 is 5.97 Å². The summed E-state index contributed by atoms with van der Waals surface area (Å²) in [6, 6.07) is 15.9. The Hall–Kier alpha value is -3.38. The van der Waals surface area contributed by atoms with Crippen LogP contribution in [0.3, 0.4) is 0 Å². The van der Waals surface area contributed by atoms with E-state index in [0.29, 0.717) is 17.9 Å². The lowest BCUT2D eigenvalue weighted by atomic mass is 10.0. The van der Waals surface area contributed by atoms with Crippen LogP contribution in [0.5, 0.6) is 5.75 Å². The molecule has 3 aromatic rings. The van der Waals surface area contributed by atoms with E-state index in [4.69, 9.17) is 16.3 Å². The Balaban J connectivity index is 1.87. The quantitative estimate of drug-likeness (QED) is 0.479. The normalized spacial score (nSPS) is 10.5. The Morgan fingerprint density at radius 1 is 1.06 bits per heavy atom. The molecule has 0 unspecified atom stereocenters. The van der Waals surface area contributed by atoms with Gasteiger partial charge in [-0.15, -0.1) is 0 Å². The lowest BCUT2D eigenvalue weighted by Gasteiger charge is -2.14. The summed E-state index contributed by atoms with van der Waals surface area (Å²) in [6.07, 6.45) is 0.810. The topological polar surface area (TPSA) is 75.6 Å². The number of amides is 1. The lowest BCUT2D eigenvalue weighted by molar-refractivity contribution is 0.0696. The van der Waals surface area contributed by atoms with Gasteiger partial charge in [0, 0.05) is 17.1 Å². The number of carbonyl (C=O) groups excluding carboxylic acids is 1. The fourth-order valence-corrected chi connectivity index (χ4v) is 3.18. The zero-order valence-corrected chi connectivity index (χ0v) is 17.6. The molecule has 0 radical (unpaired) electrons. The van der Waals surface area contributed by atoms with Gasteiger partial charge in [-0.2, -0.15) is 0 Å². The zero-order valence-electron chi connectivity index (χ0n) is 16.8. The molecule has 0 aromatic heterocycles. The van der Waals surface area contributed by atoms with E-state index < -0.39 is 17.7 Å². The minimum atomic E-state index is -1.01. The maximum absolute atomic E-state index is 14.0. The Bertz CT molecular complexity index is 1120. The van der Waals surface area contributed by atoms with Crippen LogP contribution in [-0.2, 0) is 6.54 Å². The maximum atomic E-state index is 14.0. The molecule has 0 saturated heterocycles. The van der Waals surface area contributed by atoms with Crippen LogP contribution in [0.1, 0.15) is 39.6 Å². The first-order valence-electron chi connectivity index (χ1n) is 9.71. The van der Waals surface area contributed by atoms with Gasteiger partial charge in [0.2, 0.25) is 0 Å². The van der Waals surface area contributed by atoms with Crippen LogP contribution in [0.15, 0.2) is 60.7 Å². The second-order valence-corrected chi connectivity index (χ2v) is 7.30. The number of carbonyl (C=O) groups is 2. The Morgan fingerprint density at radius 2 is 1.84 bits per heavy atom. The van der Waals surface area contributed by atoms with Crippen molar-refractivity contribution in [3.63, 3.8) is 0 Å². The summed E-state index contributed by atoms with van der Waals surface area (Å²) in [7, 11) is 0. The van der Waals surface area contributed by atoms with Crippen LogP contribution in [0.4, 0.5) is 4.39 Å². The van der Waals surface area contributed by atoms with E-state index in [2.05, 4.69) is 5.32 Å². The van der Waals surface area contributed by atoms with Gasteiger partial charge in [0.1, 0.15) is 11.6 Å². The molecule has 7 heteroatoms. The van der Waals surface area contributed by atoms with Crippen LogP contribution in [0.25, 0.3) is 11.1 Å². The van der Waals surface area contributed by atoms with Crippen LogP contribution >= 0.6 is 11.6 Å². The minimum Gasteiger partial charge on any atom is -0.493 e. The summed E-state index contributed by atoms with van der Waals surface area (Å²) >= 11 is 5.75.